The van der Waals surface area contributed by atoms with Gasteiger partial charge in [0.15, 0.2) is 0 Å². The molecule has 1 aliphatic carbocycles. The smallest absolute Gasteiger partial charge is 0.325 e. The van der Waals surface area contributed by atoms with Crippen LogP contribution in [0.1, 0.15) is 17.9 Å². The number of halogens is 1. The zero-order chi connectivity index (χ0) is 24.7. The summed E-state index contributed by atoms with van der Waals surface area (Å²) in [4.78, 5) is 12.0. The van der Waals surface area contributed by atoms with E-state index in [0.29, 0.717) is 10.6 Å². The Morgan fingerprint density at radius 1 is 0.971 bits per heavy atom. The maximum absolute atomic E-state index is 13.0. The Hall–Kier alpha value is -2.92. The van der Waals surface area contributed by atoms with Crippen LogP contribution < -0.4 is 9.44 Å². The number of aliphatic carboxylic acids is 1. The van der Waals surface area contributed by atoms with Gasteiger partial charge in [0, 0.05) is 16.6 Å². The molecule has 3 N–H and O–H groups in total. The number of anilines is 1. The molecule has 0 saturated heterocycles. The third-order valence-corrected chi connectivity index (χ3v) is 7.98. The molecular weight excluding hydrogens is 500 g/mol. The van der Waals surface area contributed by atoms with Crippen LogP contribution in [0.25, 0.3) is 11.1 Å². The van der Waals surface area contributed by atoms with Crippen LogP contribution in [0.3, 0.4) is 0 Å². The standard InChI is InChI=1S/C23H21ClN2O6S2/c1-33(29,30)25-19-4-2-3-17(13-19)21-14-23(21,22(27)28)26-34(31,32)20-11-7-16(8-12-20)15-5-9-18(24)10-6-15/h2-13,21,25-26H,14H2,1H3,(H,27,28)/t21-,23?/m0/s1. The third kappa shape index (κ3) is 5.10. The van der Waals surface area contributed by atoms with E-state index in [2.05, 4.69) is 9.44 Å². The number of carbonyl (C=O) groups is 1. The van der Waals surface area contributed by atoms with Crippen molar-refractivity contribution in [3.63, 3.8) is 0 Å². The van der Waals surface area contributed by atoms with Crippen molar-refractivity contribution in [1.29, 1.82) is 0 Å². The van der Waals surface area contributed by atoms with E-state index in [4.69, 9.17) is 11.6 Å². The summed E-state index contributed by atoms with van der Waals surface area (Å²) in [5.41, 5.74) is 0.692. The Balaban J connectivity index is 1.57. The fraction of sp³-hybridized carbons (Fsp3) is 0.174. The normalized spacial score (nSPS) is 20.0. The molecule has 178 valence electrons. The van der Waals surface area contributed by atoms with Gasteiger partial charge in [-0.2, -0.15) is 4.72 Å². The minimum atomic E-state index is -4.15. The lowest BCUT2D eigenvalue weighted by molar-refractivity contribution is -0.140. The number of benzene rings is 3. The molecule has 0 spiro atoms. The van der Waals surface area contributed by atoms with Gasteiger partial charge in [-0.3, -0.25) is 9.52 Å². The van der Waals surface area contributed by atoms with Gasteiger partial charge < -0.3 is 5.11 Å². The number of rotatable bonds is 8. The molecular formula is C23H21ClN2O6S2. The number of hydrogen-bond acceptors (Lipinski definition) is 5. The van der Waals surface area contributed by atoms with Crippen LogP contribution >= 0.6 is 11.6 Å². The molecule has 3 aromatic carbocycles. The first-order chi connectivity index (χ1) is 15.9. The Labute approximate surface area is 202 Å². The Kier molecular flexibility index (Phi) is 6.19. The first-order valence-electron chi connectivity index (χ1n) is 10.1. The first kappa shape index (κ1) is 24.2. The molecule has 1 fully saturated rings. The highest BCUT2D eigenvalue weighted by Gasteiger charge is 2.63. The van der Waals surface area contributed by atoms with Gasteiger partial charge in [0.05, 0.1) is 11.2 Å². The number of nitrogens with one attached hydrogen (secondary N) is 2. The number of carboxylic acids is 1. The molecule has 2 atom stereocenters. The van der Waals surface area contributed by atoms with Crippen molar-refractivity contribution >= 4 is 43.3 Å². The van der Waals surface area contributed by atoms with Gasteiger partial charge in [-0.05, 0) is 59.5 Å². The maximum atomic E-state index is 13.0. The monoisotopic (exact) mass is 520 g/mol. The van der Waals surface area contributed by atoms with Gasteiger partial charge in [0.1, 0.15) is 5.54 Å². The van der Waals surface area contributed by atoms with Crippen LogP contribution in [0.15, 0.2) is 77.7 Å². The molecule has 1 aliphatic rings. The lowest BCUT2D eigenvalue weighted by atomic mass is 10.1. The lowest BCUT2D eigenvalue weighted by Gasteiger charge is -2.16. The van der Waals surface area contributed by atoms with Crippen LogP contribution in [0.2, 0.25) is 5.02 Å². The molecule has 34 heavy (non-hydrogen) atoms. The Morgan fingerprint density at radius 3 is 2.12 bits per heavy atom. The summed E-state index contributed by atoms with van der Waals surface area (Å²) < 4.78 is 53.8. The highest BCUT2D eigenvalue weighted by Crippen LogP contribution is 2.52. The number of sulfonamides is 2. The van der Waals surface area contributed by atoms with Crippen molar-refractivity contribution in [2.45, 2.75) is 22.8 Å². The highest BCUT2D eigenvalue weighted by atomic mass is 35.5. The second kappa shape index (κ2) is 8.70. The van der Waals surface area contributed by atoms with Gasteiger partial charge >= 0.3 is 5.97 Å². The predicted octanol–water partition coefficient (Wildman–Crippen LogP) is 3.67. The molecule has 0 aromatic heterocycles. The van der Waals surface area contributed by atoms with Gasteiger partial charge in [-0.1, -0.05) is 48.0 Å². The Morgan fingerprint density at radius 2 is 1.56 bits per heavy atom. The van der Waals surface area contributed by atoms with Gasteiger partial charge in [0.2, 0.25) is 20.0 Å². The van der Waals surface area contributed by atoms with Crippen molar-refractivity contribution in [3.8, 4) is 11.1 Å². The van der Waals surface area contributed by atoms with E-state index in [1.165, 1.54) is 24.3 Å². The van der Waals surface area contributed by atoms with E-state index in [-0.39, 0.29) is 17.0 Å². The van der Waals surface area contributed by atoms with Crippen molar-refractivity contribution in [2.24, 2.45) is 0 Å². The average Bonchev–Trinajstić information content (AvgIpc) is 3.48. The zero-order valence-electron chi connectivity index (χ0n) is 17.9. The molecule has 1 unspecified atom stereocenters. The van der Waals surface area contributed by atoms with E-state index in [9.17, 15) is 26.7 Å². The first-order valence-corrected chi connectivity index (χ1v) is 13.9. The summed E-state index contributed by atoms with van der Waals surface area (Å²) in [5, 5.41) is 10.5. The van der Waals surface area contributed by atoms with E-state index < -0.39 is 37.5 Å². The molecule has 0 aliphatic heterocycles. The van der Waals surface area contributed by atoms with Crippen LogP contribution in [0.4, 0.5) is 5.69 Å². The Bertz CT molecular complexity index is 1460. The van der Waals surface area contributed by atoms with E-state index in [1.54, 1.807) is 36.4 Å². The lowest BCUT2D eigenvalue weighted by Crippen LogP contribution is -2.44. The summed E-state index contributed by atoms with van der Waals surface area (Å²) in [6, 6.07) is 19.4. The molecule has 0 bridgehead atoms. The molecule has 1 saturated carbocycles. The SMILES string of the molecule is CS(=O)(=O)Nc1cccc([C@@H]2CC2(NS(=O)(=O)c2ccc(-c3ccc(Cl)cc3)cc2)C(=O)O)c1. The molecule has 0 heterocycles. The molecule has 11 heteroatoms. The third-order valence-electron chi connectivity index (χ3n) is 5.59. The quantitative estimate of drug-likeness (QED) is 0.415. The summed E-state index contributed by atoms with van der Waals surface area (Å²) in [7, 11) is -7.67. The fourth-order valence-electron chi connectivity index (χ4n) is 3.86. The van der Waals surface area contributed by atoms with Crippen LogP contribution in [-0.2, 0) is 24.8 Å². The predicted molar refractivity (Wildman–Crippen MR) is 130 cm³/mol. The van der Waals surface area contributed by atoms with Crippen LogP contribution in [0, 0.1) is 0 Å². The van der Waals surface area contributed by atoms with Crippen LogP contribution in [-0.4, -0.2) is 39.7 Å². The summed E-state index contributed by atoms with van der Waals surface area (Å²) in [5.74, 6) is -1.96. The highest BCUT2D eigenvalue weighted by molar-refractivity contribution is 7.92. The minimum absolute atomic E-state index is 0.0345. The molecule has 0 radical (unpaired) electrons. The van der Waals surface area contributed by atoms with Crippen LogP contribution in [0.5, 0.6) is 0 Å². The zero-order valence-corrected chi connectivity index (χ0v) is 20.3. The summed E-state index contributed by atoms with van der Waals surface area (Å²) >= 11 is 5.90. The minimum Gasteiger partial charge on any atom is -0.480 e. The van der Waals surface area contributed by atoms with Crippen molar-refractivity contribution in [1.82, 2.24) is 4.72 Å². The second-order valence-electron chi connectivity index (χ2n) is 8.17. The molecule has 3 aromatic rings. The maximum Gasteiger partial charge on any atom is 0.325 e. The topological polar surface area (TPSA) is 130 Å². The average molecular weight is 521 g/mol. The van der Waals surface area contributed by atoms with Crippen molar-refractivity contribution < 1.29 is 26.7 Å². The summed E-state index contributed by atoms with van der Waals surface area (Å²) in [6.07, 6.45) is 1.04. The largest absolute Gasteiger partial charge is 0.480 e. The van der Waals surface area contributed by atoms with E-state index in [1.807, 2.05) is 12.1 Å². The second-order valence-corrected chi connectivity index (χ2v) is 12.0. The fourth-order valence-corrected chi connectivity index (χ4v) is 5.94. The molecule has 8 nitrogen and oxygen atoms in total. The molecule has 4 rings (SSSR count). The number of carboxylic acid groups (broad SMARTS) is 1. The van der Waals surface area contributed by atoms with Gasteiger partial charge in [0.25, 0.3) is 0 Å². The summed E-state index contributed by atoms with van der Waals surface area (Å²) in [6.45, 7) is 0. The number of hydrogen-bond donors (Lipinski definition) is 3. The van der Waals surface area contributed by atoms with Gasteiger partial charge in [-0.15, -0.1) is 0 Å². The van der Waals surface area contributed by atoms with Crippen molar-refractivity contribution in [3.05, 3.63) is 83.4 Å². The van der Waals surface area contributed by atoms with E-state index >= 15 is 0 Å². The van der Waals surface area contributed by atoms with E-state index in [0.717, 1.165) is 17.4 Å². The van der Waals surface area contributed by atoms with Crippen molar-refractivity contribution in [2.75, 3.05) is 11.0 Å². The van der Waals surface area contributed by atoms with Gasteiger partial charge in [-0.25, -0.2) is 16.8 Å². The molecule has 0 amide bonds.